The lowest BCUT2D eigenvalue weighted by atomic mass is 9.93. The van der Waals surface area contributed by atoms with Crippen molar-refractivity contribution in [3.8, 4) is 5.75 Å². The van der Waals surface area contributed by atoms with E-state index in [-0.39, 0.29) is 34.6 Å². The van der Waals surface area contributed by atoms with Crippen LogP contribution in [-0.2, 0) is 21.5 Å². The van der Waals surface area contributed by atoms with Crippen molar-refractivity contribution < 1.29 is 19.1 Å². The first-order chi connectivity index (χ1) is 28.3. The lowest BCUT2D eigenvalue weighted by molar-refractivity contribution is -0.122. The zero-order valence-electron chi connectivity index (χ0n) is 34.4. The van der Waals surface area contributed by atoms with Crippen LogP contribution in [0.1, 0.15) is 79.5 Å². The van der Waals surface area contributed by atoms with Crippen molar-refractivity contribution in [2.75, 3.05) is 64.1 Å². The molecule has 5 heterocycles. The van der Waals surface area contributed by atoms with Crippen LogP contribution in [0.2, 0.25) is 0 Å². The molecule has 18 heteroatoms. The van der Waals surface area contributed by atoms with E-state index in [0.29, 0.717) is 85.7 Å². The van der Waals surface area contributed by atoms with Gasteiger partial charge in [-0.1, -0.05) is 32.9 Å². The maximum absolute atomic E-state index is 14.4. The van der Waals surface area contributed by atoms with Crippen LogP contribution in [0.3, 0.4) is 0 Å². The Labute approximate surface area is 346 Å². The second-order valence-corrected chi connectivity index (χ2v) is 16.7. The van der Waals surface area contributed by atoms with Crippen LogP contribution in [-0.4, -0.2) is 111 Å². The number of anilines is 2. The number of amides is 3. The van der Waals surface area contributed by atoms with E-state index in [2.05, 4.69) is 57.2 Å². The largest absolute Gasteiger partial charge is 0.497 e. The van der Waals surface area contributed by atoms with E-state index in [1.54, 1.807) is 47.2 Å². The Kier molecular flexibility index (Phi) is 13.8. The lowest BCUT2D eigenvalue weighted by Gasteiger charge is -2.34. The number of tetrazole rings is 1. The molecule has 0 radical (unpaired) electrons. The van der Waals surface area contributed by atoms with Crippen molar-refractivity contribution >= 4 is 57.8 Å². The quantitative estimate of drug-likeness (QED) is 0.122. The predicted octanol–water partition coefficient (Wildman–Crippen LogP) is 3.71. The van der Waals surface area contributed by atoms with Crippen LogP contribution in [0, 0.1) is 5.92 Å². The van der Waals surface area contributed by atoms with Gasteiger partial charge in [0.25, 0.3) is 11.5 Å². The molecule has 59 heavy (non-hydrogen) atoms. The minimum absolute atomic E-state index is 0.00539. The summed E-state index contributed by atoms with van der Waals surface area (Å²) in [5, 5.41) is 23.4. The van der Waals surface area contributed by atoms with E-state index in [1.807, 2.05) is 48.6 Å². The normalized spacial score (nSPS) is 14.6. The Morgan fingerprint density at radius 2 is 1.80 bits per heavy atom. The number of benzene rings is 1. The number of nitrogens with one attached hydrogen (secondary N) is 3. The molecule has 1 aromatic carbocycles. The number of pyridine rings is 1. The highest BCUT2D eigenvalue weighted by atomic mass is 32.1. The molecule has 1 aliphatic heterocycles. The molecule has 0 spiro atoms. The molecule has 0 saturated carbocycles. The van der Waals surface area contributed by atoms with Gasteiger partial charge in [-0.15, -0.1) is 16.4 Å². The smallest absolute Gasteiger partial charge is 0.267 e. The van der Waals surface area contributed by atoms with E-state index < -0.39 is 0 Å². The fourth-order valence-electron chi connectivity index (χ4n) is 6.66. The maximum Gasteiger partial charge on any atom is 0.267 e. The average molecular weight is 825 g/mol. The molecule has 1 atom stereocenters. The minimum atomic E-state index is -0.370. The molecule has 1 saturated heterocycles. The van der Waals surface area contributed by atoms with Crippen LogP contribution in [0.4, 0.5) is 10.9 Å². The topological polar surface area (TPSA) is 194 Å². The molecule has 4 aromatic heterocycles. The van der Waals surface area contributed by atoms with Gasteiger partial charge < -0.3 is 25.2 Å². The first kappa shape index (κ1) is 42.6. The molecule has 1 aliphatic rings. The van der Waals surface area contributed by atoms with Crippen molar-refractivity contribution in [1.29, 1.82) is 0 Å². The van der Waals surface area contributed by atoms with Gasteiger partial charge in [-0.3, -0.25) is 28.9 Å². The summed E-state index contributed by atoms with van der Waals surface area (Å²) in [6.07, 6.45) is 7.46. The summed E-state index contributed by atoms with van der Waals surface area (Å²) in [4.78, 5) is 66.2. The number of piperidine rings is 1. The number of hydrogen-bond donors (Lipinski definition) is 3. The Hall–Kier alpha value is -6.01. The van der Waals surface area contributed by atoms with Crippen molar-refractivity contribution in [2.24, 2.45) is 5.92 Å². The van der Waals surface area contributed by atoms with Gasteiger partial charge in [0, 0.05) is 55.2 Å². The fraction of sp³-hybridized carbons (Fsp3) is 0.439. The molecule has 3 amide bonds. The number of rotatable bonds is 16. The molecule has 0 aliphatic carbocycles. The molecular weight excluding hydrogens is 773 g/mol. The number of thiazole rings is 1. The van der Waals surface area contributed by atoms with E-state index >= 15 is 0 Å². The third kappa shape index (κ3) is 11.4. The van der Waals surface area contributed by atoms with E-state index in [4.69, 9.17) is 9.72 Å². The van der Waals surface area contributed by atoms with Crippen molar-refractivity contribution in [1.82, 2.24) is 50.1 Å². The van der Waals surface area contributed by atoms with Crippen molar-refractivity contribution in [3.63, 3.8) is 0 Å². The van der Waals surface area contributed by atoms with Gasteiger partial charge in [0.2, 0.25) is 11.8 Å². The maximum atomic E-state index is 14.4. The molecule has 6 rings (SSSR count). The molecule has 5 aromatic rings. The highest BCUT2D eigenvalue weighted by molar-refractivity contribution is 7.14. The molecule has 312 valence electrons. The van der Waals surface area contributed by atoms with Crippen LogP contribution >= 0.6 is 11.3 Å². The summed E-state index contributed by atoms with van der Waals surface area (Å²) in [7, 11) is 5.28. The predicted molar refractivity (Wildman–Crippen MR) is 228 cm³/mol. The highest BCUT2D eigenvalue weighted by Gasteiger charge is 2.27. The molecule has 17 nitrogen and oxygen atoms in total. The van der Waals surface area contributed by atoms with E-state index in [1.165, 1.54) is 15.7 Å². The third-order valence-corrected chi connectivity index (χ3v) is 10.6. The first-order valence-electron chi connectivity index (χ1n) is 19.6. The van der Waals surface area contributed by atoms with Gasteiger partial charge in [0.05, 0.1) is 31.5 Å². The van der Waals surface area contributed by atoms with Crippen LogP contribution in [0.25, 0.3) is 17.8 Å². The summed E-state index contributed by atoms with van der Waals surface area (Å²) in [6, 6.07) is 10.8. The summed E-state index contributed by atoms with van der Waals surface area (Å²) < 4.78 is 8.33. The third-order valence-electron chi connectivity index (χ3n) is 9.80. The minimum Gasteiger partial charge on any atom is -0.497 e. The Balaban J connectivity index is 1.24. The van der Waals surface area contributed by atoms with E-state index in [0.717, 1.165) is 29.8 Å². The summed E-state index contributed by atoms with van der Waals surface area (Å²) in [5.41, 5.74) is 2.27. The highest BCUT2D eigenvalue weighted by Crippen LogP contribution is 2.29. The zero-order valence-corrected chi connectivity index (χ0v) is 35.2. The van der Waals surface area contributed by atoms with Gasteiger partial charge in [-0.2, -0.15) is 0 Å². The van der Waals surface area contributed by atoms with Crippen molar-refractivity contribution in [3.05, 3.63) is 86.5 Å². The Morgan fingerprint density at radius 3 is 2.51 bits per heavy atom. The Morgan fingerprint density at radius 1 is 1.03 bits per heavy atom. The molecule has 0 bridgehead atoms. The van der Waals surface area contributed by atoms with Gasteiger partial charge in [-0.25, -0.2) is 14.6 Å². The number of carbonyl (C=O) groups is 3. The van der Waals surface area contributed by atoms with Gasteiger partial charge in [0.15, 0.2) is 11.0 Å². The number of hydrogen-bond acceptors (Lipinski definition) is 13. The molecule has 1 fully saturated rings. The SMILES string of the molecule is COc1ccc(Cn2nnnc2C=Cc2c(N3CCCC(CC(=O)NCCCNC(=O)CN(C)C)C3)nc3cc(C(=O)Nc4nc(C(C)(C)C)cs4)ccn3c2=O)cc1. The lowest BCUT2D eigenvalue weighted by Crippen LogP contribution is -2.40. The number of fused-ring (bicyclic) bond motifs is 1. The molecule has 3 N–H and O–H groups in total. The standard InChI is InChI=1S/C41H52N12O5S/c1-41(2,3)32-26-59-40(44-32)46-38(56)29-16-20-52-34(22-29)45-37(51-19-7-9-28(23-51)21-35(54)42-17-8-18-43-36(55)25-50(4)5)31(39(52)57)14-15-33-47-48-49-53(33)24-27-10-12-30(58-6)13-11-27/h10-16,20,22,26,28H,7-9,17-19,21,23-25H2,1-6H3,(H,42,54)(H,43,55)(H,44,46,56). The first-order valence-corrected chi connectivity index (χ1v) is 20.5. The zero-order chi connectivity index (χ0) is 42.1. The van der Waals surface area contributed by atoms with Crippen LogP contribution in [0.5, 0.6) is 5.75 Å². The number of nitrogens with zero attached hydrogens (tertiary/aromatic N) is 9. The summed E-state index contributed by atoms with van der Waals surface area (Å²) in [5.74, 6) is 1.12. The van der Waals surface area contributed by atoms with Crippen LogP contribution < -0.4 is 31.1 Å². The van der Waals surface area contributed by atoms with Gasteiger partial charge >= 0.3 is 0 Å². The van der Waals surface area contributed by atoms with Crippen LogP contribution in [0.15, 0.2) is 52.8 Å². The van der Waals surface area contributed by atoms with Crippen molar-refractivity contribution in [2.45, 2.75) is 58.4 Å². The number of aromatic nitrogens is 7. The summed E-state index contributed by atoms with van der Waals surface area (Å²) >= 11 is 1.35. The fourth-order valence-corrected chi connectivity index (χ4v) is 7.60. The average Bonchev–Trinajstić information content (AvgIpc) is 3.87. The number of ether oxygens (including phenoxy) is 1. The summed E-state index contributed by atoms with van der Waals surface area (Å²) in [6.45, 7) is 8.92. The number of carbonyl (C=O) groups excluding carboxylic acids is 3. The van der Waals surface area contributed by atoms with E-state index in [9.17, 15) is 19.2 Å². The van der Waals surface area contributed by atoms with Gasteiger partial charge in [-0.05, 0) is 91.7 Å². The molecule has 1 unspecified atom stereocenters. The second-order valence-electron chi connectivity index (χ2n) is 15.9. The molecular formula is C41H52N12O5S. The Bertz CT molecular complexity index is 2340. The monoisotopic (exact) mass is 824 g/mol. The second kappa shape index (κ2) is 19.2. The van der Waals surface area contributed by atoms with Gasteiger partial charge in [0.1, 0.15) is 17.2 Å². The number of methoxy groups -OCH3 is 1. The number of likely N-dealkylation sites (N-methyl/N-ethyl adjacent to an activating group) is 1.